The van der Waals surface area contributed by atoms with Gasteiger partial charge in [-0.15, -0.1) is 0 Å². The van der Waals surface area contributed by atoms with Gasteiger partial charge in [-0.3, -0.25) is 0 Å². The summed E-state index contributed by atoms with van der Waals surface area (Å²) in [7, 11) is 1.61. The minimum absolute atomic E-state index is 0.0158. The van der Waals surface area contributed by atoms with E-state index in [1.165, 1.54) is 0 Å². The van der Waals surface area contributed by atoms with E-state index in [1.54, 1.807) is 7.11 Å². The fourth-order valence-electron chi connectivity index (χ4n) is 3.86. The van der Waals surface area contributed by atoms with Gasteiger partial charge in [0.05, 0.1) is 7.11 Å². The molecular formula is C17H25NO3. The zero-order valence-corrected chi connectivity index (χ0v) is 13.3. The third-order valence-corrected chi connectivity index (χ3v) is 4.24. The minimum atomic E-state index is -0.909. The standard InChI is InChI=1S/C17H25NO3/c1-12-9-16(2,3)11-17(10-12,15(19)20)18-13-6-5-7-14(8-13)21-4/h5-8,12,18H,9-11H2,1-4H3,(H,19,20). The van der Waals surface area contributed by atoms with Crippen molar-refractivity contribution in [2.24, 2.45) is 11.3 Å². The van der Waals surface area contributed by atoms with Crippen LogP contribution in [0.3, 0.4) is 0 Å². The quantitative estimate of drug-likeness (QED) is 0.886. The van der Waals surface area contributed by atoms with Crippen LogP contribution in [0, 0.1) is 11.3 Å². The van der Waals surface area contributed by atoms with Gasteiger partial charge in [0.2, 0.25) is 0 Å². The highest BCUT2D eigenvalue weighted by Crippen LogP contribution is 2.45. The number of methoxy groups -OCH3 is 1. The highest BCUT2D eigenvalue weighted by molar-refractivity contribution is 5.83. The lowest BCUT2D eigenvalue weighted by Crippen LogP contribution is -2.53. The van der Waals surface area contributed by atoms with Crippen molar-refractivity contribution in [3.63, 3.8) is 0 Å². The molecule has 1 aliphatic rings. The number of nitrogens with one attached hydrogen (secondary N) is 1. The maximum Gasteiger partial charge on any atom is 0.329 e. The van der Waals surface area contributed by atoms with Gasteiger partial charge in [0, 0.05) is 11.8 Å². The molecule has 2 rings (SSSR count). The molecule has 21 heavy (non-hydrogen) atoms. The lowest BCUT2D eigenvalue weighted by atomic mass is 9.64. The largest absolute Gasteiger partial charge is 0.497 e. The predicted molar refractivity (Wildman–Crippen MR) is 83.8 cm³/mol. The molecular weight excluding hydrogens is 266 g/mol. The number of hydrogen-bond donors (Lipinski definition) is 2. The lowest BCUT2D eigenvalue weighted by molar-refractivity contribution is -0.145. The van der Waals surface area contributed by atoms with Gasteiger partial charge in [0.1, 0.15) is 11.3 Å². The molecule has 0 aliphatic heterocycles. The van der Waals surface area contributed by atoms with Crippen molar-refractivity contribution in [1.82, 2.24) is 0 Å². The van der Waals surface area contributed by atoms with Gasteiger partial charge in [-0.25, -0.2) is 4.79 Å². The van der Waals surface area contributed by atoms with Crippen molar-refractivity contribution in [1.29, 1.82) is 0 Å². The predicted octanol–water partition coefficient (Wildman–Crippen LogP) is 3.78. The number of carbonyl (C=O) groups is 1. The van der Waals surface area contributed by atoms with E-state index in [1.807, 2.05) is 24.3 Å². The monoisotopic (exact) mass is 291 g/mol. The summed E-state index contributed by atoms with van der Waals surface area (Å²) in [6.07, 6.45) is 2.32. The maximum absolute atomic E-state index is 12.0. The second-order valence-electron chi connectivity index (χ2n) is 7.10. The summed E-state index contributed by atoms with van der Waals surface area (Å²) < 4.78 is 5.21. The smallest absolute Gasteiger partial charge is 0.329 e. The molecule has 0 saturated heterocycles. The van der Waals surface area contributed by atoms with E-state index in [2.05, 4.69) is 26.1 Å². The van der Waals surface area contributed by atoms with Gasteiger partial charge in [-0.1, -0.05) is 26.8 Å². The molecule has 0 heterocycles. The van der Waals surface area contributed by atoms with Gasteiger partial charge in [0.25, 0.3) is 0 Å². The van der Waals surface area contributed by atoms with E-state index in [9.17, 15) is 9.90 Å². The summed E-state index contributed by atoms with van der Waals surface area (Å²) in [6, 6.07) is 7.45. The Hall–Kier alpha value is -1.71. The normalized spacial score (nSPS) is 27.9. The van der Waals surface area contributed by atoms with E-state index >= 15 is 0 Å². The molecule has 4 nitrogen and oxygen atoms in total. The summed E-state index contributed by atoms with van der Waals surface area (Å²) in [6.45, 7) is 6.42. The Bertz CT molecular complexity index is 527. The topological polar surface area (TPSA) is 58.6 Å². The number of anilines is 1. The molecule has 116 valence electrons. The molecule has 1 aliphatic carbocycles. The Labute approximate surface area is 126 Å². The van der Waals surface area contributed by atoms with E-state index < -0.39 is 11.5 Å². The van der Waals surface area contributed by atoms with Crippen molar-refractivity contribution in [3.8, 4) is 5.75 Å². The molecule has 1 fully saturated rings. The van der Waals surface area contributed by atoms with Crippen molar-refractivity contribution in [2.45, 2.75) is 45.6 Å². The van der Waals surface area contributed by atoms with E-state index in [-0.39, 0.29) is 5.41 Å². The van der Waals surface area contributed by atoms with Crippen LogP contribution < -0.4 is 10.1 Å². The molecule has 1 aromatic carbocycles. The Morgan fingerprint density at radius 3 is 2.67 bits per heavy atom. The lowest BCUT2D eigenvalue weighted by Gasteiger charge is -2.46. The molecule has 1 saturated carbocycles. The van der Waals surface area contributed by atoms with Crippen LogP contribution >= 0.6 is 0 Å². The SMILES string of the molecule is COc1cccc(NC2(C(=O)O)CC(C)CC(C)(C)C2)c1. The van der Waals surface area contributed by atoms with Crippen molar-refractivity contribution in [3.05, 3.63) is 24.3 Å². The van der Waals surface area contributed by atoms with Gasteiger partial charge < -0.3 is 15.2 Å². The van der Waals surface area contributed by atoms with Crippen LogP contribution in [0.15, 0.2) is 24.3 Å². The zero-order chi connectivity index (χ0) is 15.7. The highest BCUT2D eigenvalue weighted by atomic mass is 16.5. The van der Waals surface area contributed by atoms with Crippen molar-refractivity contribution in [2.75, 3.05) is 12.4 Å². The fraction of sp³-hybridized carbons (Fsp3) is 0.588. The Morgan fingerprint density at radius 1 is 1.38 bits per heavy atom. The first-order valence-corrected chi connectivity index (χ1v) is 7.42. The molecule has 0 aromatic heterocycles. The molecule has 0 radical (unpaired) electrons. The average Bonchev–Trinajstić information content (AvgIpc) is 2.36. The number of aliphatic carboxylic acids is 1. The second kappa shape index (κ2) is 5.58. The molecule has 4 heteroatoms. The summed E-state index contributed by atoms with van der Waals surface area (Å²) in [4.78, 5) is 12.0. The number of benzene rings is 1. The first-order chi connectivity index (χ1) is 9.76. The van der Waals surface area contributed by atoms with Crippen LogP contribution in [0.4, 0.5) is 5.69 Å². The van der Waals surface area contributed by atoms with Gasteiger partial charge in [-0.2, -0.15) is 0 Å². The van der Waals surface area contributed by atoms with Crippen LogP contribution in [0.25, 0.3) is 0 Å². The van der Waals surface area contributed by atoms with E-state index in [4.69, 9.17) is 4.74 Å². The number of rotatable bonds is 4. The number of ether oxygens (including phenoxy) is 1. The summed E-state index contributed by atoms with van der Waals surface area (Å²) in [5, 5.41) is 13.1. The van der Waals surface area contributed by atoms with Crippen LogP contribution in [0.5, 0.6) is 5.75 Å². The Balaban J connectivity index is 2.32. The summed E-state index contributed by atoms with van der Waals surface area (Å²) >= 11 is 0. The fourth-order valence-corrected chi connectivity index (χ4v) is 3.86. The molecule has 2 unspecified atom stereocenters. The average molecular weight is 291 g/mol. The van der Waals surface area contributed by atoms with Crippen molar-refractivity contribution >= 4 is 11.7 Å². The number of carboxylic acid groups (broad SMARTS) is 1. The third kappa shape index (κ3) is 3.49. The Morgan fingerprint density at radius 2 is 2.10 bits per heavy atom. The van der Waals surface area contributed by atoms with Crippen LogP contribution in [0.1, 0.15) is 40.0 Å². The minimum Gasteiger partial charge on any atom is -0.497 e. The molecule has 2 atom stereocenters. The Kier molecular flexibility index (Phi) is 4.17. The number of hydrogen-bond acceptors (Lipinski definition) is 3. The molecule has 0 bridgehead atoms. The van der Waals surface area contributed by atoms with Crippen LogP contribution in [-0.4, -0.2) is 23.7 Å². The molecule has 2 N–H and O–H groups in total. The van der Waals surface area contributed by atoms with Crippen LogP contribution in [0.2, 0.25) is 0 Å². The van der Waals surface area contributed by atoms with E-state index in [0.29, 0.717) is 18.8 Å². The van der Waals surface area contributed by atoms with E-state index in [0.717, 1.165) is 17.9 Å². The van der Waals surface area contributed by atoms with Gasteiger partial charge in [-0.05, 0) is 42.7 Å². The summed E-state index contributed by atoms with van der Waals surface area (Å²) in [5.41, 5.74) is -0.100. The van der Waals surface area contributed by atoms with Gasteiger partial charge in [0.15, 0.2) is 0 Å². The molecule has 0 amide bonds. The third-order valence-electron chi connectivity index (χ3n) is 4.24. The molecule has 0 spiro atoms. The maximum atomic E-state index is 12.0. The first kappa shape index (κ1) is 15.7. The molecule has 1 aromatic rings. The van der Waals surface area contributed by atoms with Crippen LogP contribution in [-0.2, 0) is 4.79 Å². The van der Waals surface area contributed by atoms with Gasteiger partial charge >= 0.3 is 5.97 Å². The highest BCUT2D eigenvalue weighted by Gasteiger charge is 2.48. The first-order valence-electron chi connectivity index (χ1n) is 7.42. The summed E-state index contributed by atoms with van der Waals surface area (Å²) in [5.74, 6) is 0.330. The zero-order valence-electron chi connectivity index (χ0n) is 13.3. The van der Waals surface area contributed by atoms with Crippen molar-refractivity contribution < 1.29 is 14.6 Å². The number of carboxylic acids is 1. The second-order valence-corrected chi connectivity index (χ2v) is 7.10.